The van der Waals surface area contributed by atoms with E-state index in [0.29, 0.717) is 24.7 Å². The molecule has 0 bridgehead atoms. The molecule has 0 aliphatic heterocycles. The Bertz CT molecular complexity index is 784. The summed E-state index contributed by atoms with van der Waals surface area (Å²) in [6.45, 7) is 4.89. The number of nitrogens with one attached hydrogen (secondary N) is 1. The molecule has 0 radical (unpaired) electrons. The molecule has 31 heavy (non-hydrogen) atoms. The van der Waals surface area contributed by atoms with Crippen LogP contribution in [0.1, 0.15) is 63.0 Å². The fourth-order valence-corrected chi connectivity index (χ4v) is 5.19. The van der Waals surface area contributed by atoms with E-state index in [2.05, 4.69) is 43.4 Å². The Morgan fingerprint density at radius 3 is 2.94 bits per heavy atom. The summed E-state index contributed by atoms with van der Waals surface area (Å²) in [7, 11) is 0. The topological polar surface area (TPSA) is 69.6 Å². The SMILES string of the molecule is CCCNC(=O)CCCCC1=C[C@H]2C[C@@H](O)[C@H](/C=C/[C@@H](O)Cc3cccc(C)c3)[C@H]2C1. The van der Waals surface area contributed by atoms with Gasteiger partial charge in [0, 0.05) is 25.3 Å². The molecule has 3 rings (SSSR count). The van der Waals surface area contributed by atoms with E-state index in [1.807, 2.05) is 18.2 Å². The Morgan fingerprint density at radius 1 is 1.32 bits per heavy atom. The van der Waals surface area contributed by atoms with Crippen LogP contribution in [0.2, 0.25) is 0 Å². The molecule has 0 saturated heterocycles. The van der Waals surface area contributed by atoms with Crippen LogP contribution < -0.4 is 5.32 Å². The van der Waals surface area contributed by atoms with Crippen LogP contribution in [0.3, 0.4) is 0 Å². The van der Waals surface area contributed by atoms with Gasteiger partial charge in [0.1, 0.15) is 0 Å². The van der Waals surface area contributed by atoms with Gasteiger partial charge >= 0.3 is 0 Å². The molecule has 0 aromatic heterocycles. The Hall–Kier alpha value is -1.91. The van der Waals surface area contributed by atoms with Gasteiger partial charge in [-0.3, -0.25) is 4.79 Å². The van der Waals surface area contributed by atoms with Crippen LogP contribution in [0.15, 0.2) is 48.1 Å². The minimum absolute atomic E-state index is 0.116. The van der Waals surface area contributed by atoms with E-state index in [0.717, 1.165) is 50.6 Å². The maximum atomic E-state index is 11.7. The van der Waals surface area contributed by atoms with Crippen molar-refractivity contribution >= 4 is 5.91 Å². The van der Waals surface area contributed by atoms with Gasteiger partial charge < -0.3 is 15.5 Å². The fourth-order valence-electron chi connectivity index (χ4n) is 5.19. The summed E-state index contributed by atoms with van der Waals surface area (Å²) < 4.78 is 0. The number of fused-ring (bicyclic) bond motifs is 1. The second-order valence-corrected chi connectivity index (χ2v) is 9.44. The summed E-state index contributed by atoms with van der Waals surface area (Å²) in [5, 5.41) is 24.0. The molecule has 2 aliphatic rings. The number of benzene rings is 1. The van der Waals surface area contributed by atoms with E-state index in [-0.39, 0.29) is 17.9 Å². The van der Waals surface area contributed by atoms with Crippen molar-refractivity contribution < 1.29 is 15.0 Å². The number of allylic oxidation sites excluding steroid dienone is 2. The molecule has 0 unspecified atom stereocenters. The smallest absolute Gasteiger partial charge is 0.219 e. The summed E-state index contributed by atoms with van der Waals surface area (Å²) >= 11 is 0. The number of unbranched alkanes of at least 4 members (excludes halogenated alkanes) is 1. The first-order chi connectivity index (χ1) is 15.0. The van der Waals surface area contributed by atoms with Gasteiger partial charge in [-0.05, 0) is 62.8 Å². The van der Waals surface area contributed by atoms with Crippen molar-refractivity contribution in [2.24, 2.45) is 17.8 Å². The third-order valence-corrected chi connectivity index (χ3v) is 6.76. The van der Waals surface area contributed by atoms with E-state index in [9.17, 15) is 15.0 Å². The number of carbonyl (C=O) groups is 1. The van der Waals surface area contributed by atoms with Gasteiger partial charge in [-0.15, -0.1) is 0 Å². The van der Waals surface area contributed by atoms with Gasteiger partial charge in [-0.2, -0.15) is 0 Å². The molecule has 5 atom stereocenters. The van der Waals surface area contributed by atoms with Crippen molar-refractivity contribution in [3.8, 4) is 0 Å². The molecule has 1 fully saturated rings. The zero-order chi connectivity index (χ0) is 22.2. The average Bonchev–Trinajstić information content (AvgIpc) is 3.24. The predicted octanol–water partition coefficient (Wildman–Crippen LogP) is 4.48. The van der Waals surface area contributed by atoms with Crippen molar-refractivity contribution in [2.75, 3.05) is 6.54 Å². The Balaban J connectivity index is 1.44. The van der Waals surface area contributed by atoms with Gasteiger partial charge in [0.2, 0.25) is 5.91 Å². The van der Waals surface area contributed by atoms with Gasteiger partial charge in [-0.25, -0.2) is 0 Å². The number of aryl methyl sites for hydroxylation is 1. The summed E-state index contributed by atoms with van der Waals surface area (Å²) in [5.74, 6) is 1.17. The molecule has 4 nitrogen and oxygen atoms in total. The van der Waals surface area contributed by atoms with E-state index in [1.54, 1.807) is 0 Å². The van der Waals surface area contributed by atoms with Crippen LogP contribution in [-0.2, 0) is 11.2 Å². The molecule has 0 spiro atoms. The lowest BCUT2D eigenvalue weighted by atomic mass is 9.88. The number of aliphatic hydroxyl groups is 2. The minimum Gasteiger partial charge on any atom is -0.392 e. The van der Waals surface area contributed by atoms with Crippen molar-refractivity contribution in [1.29, 1.82) is 0 Å². The lowest BCUT2D eigenvalue weighted by Crippen LogP contribution is -2.23. The third kappa shape index (κ3) is 7.05. The van der Waals surface area contributed by atoms with Gasteiger partial charge in [0.05, 0.1) is 12.2 Å². The second-order valence-electron chi connectivity index (χ2n) is 9.44. The first-order valence-corrected chi connectivity index (χ1v) is 12.0. The summed E-state index contributed by atoms with van der Waals surface area (Å²) in [5.41, 5.74) is 3.82. The molecular formula is C27H39NO3. The molecule has 170 valence electrons. The van der Waals surface area contributed by atoms with Crippen molar-refractivity contribution in [1.82, 2.24) is 5.32 Å². The van der Waals surface area contributed by atoms with E-state index in [4.69, 9.17) is 0 Å². The number of aliphatic hydroxyl groups excluding tert-OH is 2. The standard InChI is InChI=1S/C27H39NO3/c1-3-13-28-27(31)10-5-4-8-21-15-22-18-26(30)24(25(22)17-21)12-11-23(29)16-20-9-6-7-19(2)14-20/h6-7,9,11-12,14-15,22-26,29-30H,3-5,8,10,13,16-18H2,1-2H3,(H,28,31)/b12-11+/t22-,23+,24+,25-,26+/m0/s1. The van der Waals surface area contributed by atoms with Gasteiger partial charge in [0.25, 0.3) is 0 Å². The van der Waals surface area contributed by atoms with E-state index >= 15 is 0 Å². The Labute approximate surface area is 187 Å². The Kier molecular flexibility index (Phi) is 8.91. The van der Waals surface area contributed by atoms with Gasteiger partial charge in [0.15, 0.2) is 0 Å². The molecule has 1 aromatic rings. The maximum Gasteiger partial charge on any atom is 0.219 e. The lowest BCUT2D eigenvalue weighted by Gasteiger charge is -2.19. The number of carbonyl (C=O) groups excluding carboxylic acids is 1. The van der Waals surface area contributed by atoms with Crippen LogP contribution in [0.4, 0.5) is 0 Å². The monoisotopic (exact) mass is 425 g/mol. The molecule has 0 heterocycles. The summed E-state index contributed by atoms with van der Waals surface area (Å²) in [6.07, 6.45) is 12.5. The quantitative estimate of drug-likeness (QED) is 0.361. The number of hydrogen-bond acceptors (Lipinski definition) is 3. The third-order valence-electron chi connectivity index (χ3n) is 6.76. The van der Waals surface area contributed by atoms with E-state index < -0.39 is 6.10 Å². The number of amides is 1. The van der Waals surface area contributed by atoms with Crippen LogP contribution in [-0.4, -0.2) is 34.9 Å². The highest BCUT2D eigenvalue weighted by atomic mass is 16.3. The van der Waals surface area contributed by atoms with E-state index in [1.165, 1.54) is 11.1 Å². The molecule has 1 aromatic carbocycles. The fraction of sp³-hybridized carbons (Fsp3) is 0.593. The second kappa shape index (κ2) is 11.6. The normalized spacial score (nSPS) is 26.1. The zero-order valence-electron chi connectivity index (χ0n) is 19.1. The van der Waals surface area contributed by atoms with Crippen LogP contribution >= 0.6 is 0 Å². The van der Waals surface area contributed by atoms with Crippen molar-refractivity contribution in [3.05, 3.63) is 59.2 Å². The minimum atomic E-state index is -0.527. The van der Waals surface area contributed by atoms with Crippen LogP contribution in [0, 0.1) is 24.7 Å². The molecule has 1 saturated carbocycles. The highest BCUT2D eigenvalue weighted by Gasteiger charge is 2.43. The maximum absolute atomic E-state index is 11.7. The summed E-state index contributed by atoms with van der Waals surface area (Å²) in [6, 6.07) is 8.24. The largest absolute Gasteiger partial charge is 0.392 e. The number of hydrogen-bond donors (Lipinski definition) is 3. The molecule has 3 N–H and O–H groups in total. The van der Waals surface area contributed by atoms with Crippen molar-refractivity contribution in [2.45, 2.75) is 77.4 Å². The Morgan fingerprint density at radius 2 is 2.16 bits per heavy atom. The molecule has 2 aliphatic carbocycles. The lowest BCUT2D eigenvalue weighted by molar-refractivity contribution is -0.121. The first kappa shape index (κ1) is 23.7. The first-order valence-electron chi connectivity index (χ1n) is 12.0. The highest BCUT2D eigenvalue weighted by Crippen LogP contribution is 2.48. The predicted molar refractivity (Wildman–Crippen MR) is 126 cm³/mol. The number of rotatable bonds is 11. The molecular weight excluding hydrogens is 386 g/mol. The molecule has 4 heteroatoms. The van der Waals surface area contributed by atoms with Crippen LogP contribution in [0.5, 0.6) is 0 Å². The molecule has 1 amide bonds. The average molecular weight is 426 g/mol. The van der Waals surface area contributed by atoms with Crippen molar-refractivity contribution in [3.63, 3.8) is 0 Å². The summed E-state index contributed by atoms with van der Waals surface area (Å²) in [4.78, 5) is 11.7. The van der Waals surface area contributed by atoms with Gasteiger partial charge in [-0.1, -0.05) is 60.6 Å². The highest BCUT2D eigenvalue weighted by molar-refractivity contribution is 5.75. The van der Waals surface area contributed by atoms with Crippen LogP contribution in [0.25, 0.3) is 0 Å². The zero-order valence-corrected chi connectivity index (χ0v) is 19.1.